The standard InChI is InChI=1S/C23H24N2O7/c1-2-15-5-7-23(8-6-15)13-21(26)20-12-19(3-4-22(20)32-23)31-14-16-9-17(24(27)28)11-18(10-16)25(29)30/h3-4,9-12,15H,2,5-8,13-14H2,1H3. The molecule has 9 heteroatoms. The number of hydrogen-bond acceptors (Lipinski definition) is 7. The second-order valence-corrected chi connectivity index (χ2v) is 8.56. The Hall–Kier alpha value is -3.49. The maximum absolute atomic E-state index is 12.9. The molecule has 0 saturated heterocycles. The zero-order valence-electron chi connectivity index (χ0n) is 17.7. The fourth-order valence-electron chi connectivity index (χ4n) is 4.57. The highest BCUT2D eigenvalue weighted by atomic mass is 16.6. The highest BCUT2D eigenvalue weighted by Gasteiger charge is 2.43. The van der Waals surface area contributed by atoms with Crippen LogP contribution in [-0.2, 0) is 6.61 Å². The topological polar surface area (TPSA) is 122 Å². The molecule has 0 bridgehead atoms. The number of nitro benzene ring substituents is 2. The van der Waals surface area contributed by atoms with Crippen LogP contribution in [0, 0.1) is 26.1 Å². The number of carbonyl (C=O) groups is 1. The minimum atomic E-state index is -0.685. The summed E-state index contributed by atoms with van der Waals surface area (Å²) in [6.45, 7) is 2.08. The van der Waals surface area contributed by atoms with Gasteiger partial charge in [-0.1, -0.05) is 13.3 Å². The van der Waals surface area contributed by atoms with Gasteiger partial charge in [0, 0.05) is 17.7 Å². The van der Waals surface area contributed by atoms with E-state index in [9.17, 15) is 25.0 Å². The van der Waals surface area contributed by atoms with Gasteiger partial charge in [-0.05, 0) is 49.8 Å². The average molecular weight is 440 g/mol. The van der Waals surface area contributed by atoms with E-state index in [1.807, 2.05) is 0 Å². The minimum Gasteiger partial charge on any atom is -0.489 e. The fourth-order valence-corrected chi connectivity index (χ4v) is 4.57. The lowest BCUT2D eigenvalue weighted by molar-refractivity contribution is -0.394. The number of non-ortho nitro benzene ring substituents is 2. The van der Waals surface area contributed by atoms with Gasteiger partial charge >= 0.3 is 0 Å². The van der Waals surface area contributed by atoms with Crippen LogP contribution in [0.25, 0.3) is 0 Å². The predicted octanol–water partition coefficient (Wildman–Crippen LogP) is 5.39. The summed E-state index contributed by atoms with van der Waals surface area (Å²) >= 11 is 0. The maximum Gasteiger partial charge on any atom is 0.276 e. The summed E-state index contributed by atoms with van der Waals surface area (Å²) in [5.74, 6) is 1.65. The zero-order chi connectivity index (χ0) is 22.9. The van der Waals surface area contributed by atoms with Crippen LogP contribution in [0.1, 0.15) is 61.4 Å². The number of nitro groups is 2. The first kappa shape index (κ1) is 21.7. The quantitative estimate of drug-likeness (QED) is 0.436. The summed E-state index contributed by atoms with van der Waals surface area (Å²) in [7, 11) is 0. The Morgan fingerprint density at radius 2 is 1.72 bits per heavy atom. The largest absolute Gasteiger partial charge is 0.489 e. The van der Waals surface area contributed by atoms with Gasteiger partial charge in [-0.3, -0.25) is 25.0 Å². The first-order valence-corrected chi connectivity index (χ1v) is 10.7. The second-order valence-electron chi connectivity index (χ2n) is 8.56. The highest BCUT2D eigenvalue weighted by Crippen LogP contribution is 2.44. The maximum atomic E-state index is 12.9. The highest BCUT2D eigenvalue weighted by molar-refractivity contribution is 6.00. The smallest absolute Gasteiger partial charge is 0.276 e. The van der Waals surface area contributed by atoms with Crippen molar-refractivity contribution in [1.82, 2.24) is 0 Å². The van der Waals surface area contributed by atoms with Gasteiger partial charge in [0.1, 0.15) is 23.7 Å². The third kappa shape index (κ3) is 4.42. The molecule has 1 spiro atoms. The van der Waals surface area contributed by atoms with Crippen molar-refractivity contribution in [3.8, 4) is 11.5 Å². The number of ketones is 1. The molecule has 2 aromatic carbocycles. The summed E-state index contributed by atoms with van der Waals surface area (Å²) in [6.07, 6.45) is 5.37. The Labute approximate surface area is 184 Å². The van der Waals surface area contributed by atoms with Crippen molar-refractivity contribution in [2.24, 2.45) is 5.92 Å². The normalized spacial score (nSPS) is 22.2. The molecule has 0 amide bonds. The second kappa shape index (κ2) is 8.57. The van der Waals surface area contributed by atoms with Gasteiger partial charge < -0.3 is 9.47 Å². The number of nitrogens with zero attached hydrogens (tertiary/aromatic N) is 2. The van der Waals surface area contributed by atoms with Crippen LogP contribution in [0.2, 0.25) is 0 Å². The van der Waals surface area contributed by atoms with E-state index in [0.29, 0.717) is 29.4 Å². The van der Waals surface area contributed by atoms with Gasteiger partial charge in [0.05, 0.1) is 27.9 Å². The molecule has 9 nitrogen and oxygen atoms in total. The first-order chi connectivity index (χ1) is 15.3. The Bertz CT molecular complexity index is 1040. The van der Waals surface area contributed by atoms with E-state index >= 15 is 0 Å². The molecule has 0 N–H and O–H groups in total. The lowest BCUT2D eigenvalue weighted by Crippen LogP contribution is -2.44. The summed E-state index contributed by atoms with van der Waals surface area (Å²) in [4.78, 5) is 33.6. The first-order valence-electron chi connectivity index (χ1n) is 10.7. The Kier molecular flexibility index (Phi) is 5.82. The van der Waals surface area contributed by atoms with E-state index in [-0.39, 0.29) is 29.3 Å². The monoisotopic (exact) mass is 440 g/mol. The molecule has 1 saturated carbocycles. The van der Waals surface area contributed by atoms with Crippen LogP contribution in [0.5, 0.6) is 11.5 Å². The van der Waals surface area contributed by atoms with E-state index in [1.54, 1.807) is 18.2 Å². The molecule has 1 fully saturated rings. The predicted molar refractivity (Wildman–Crippen MR) is 115 cm³/mol. The van der Waals surface area contributed by atoms with E-state index in [2.05, 4.69) is 6.92 Å². The molecule has 1 aliphatic carbocycles. The average Bonchev–Trinajstić information content (AvgIpc) is 2.78. The van der Waals surface area contributed by atoms with Crippen LogP contribution in [0.4, 0.5) is 11.4 Å². The third-order valence-electron chi connectivity index (χ3n) is 6.44. The molecule has 0 radical (unpaired) electrons. The number of Topliss-reactive ketones (excluding diaryl/α,β-unsaturated/α-hetero) is 1. The number of hydrogen-bond donors (Lipinski definition) is 0. The fraction of sp³-hybridized carbons (Fsp3) is 0.435. The molecule has 0 unspecified atom stereocenters. The van der Waals surface area contributed by atoms with Crippen LogP contribution in [0.15, 0.2) is 36.4 Å². The number of carbonyl (C=O) groups excluding carboxylic acids is 1. The van der Waals surface area contributed by atoms with E-state index < -0.39 is 15.4 Å². The number of fused-ring (bicyclic) bond motifs is 1. The van der Waals surface area contributed by atoms with E-state index in [1.165, 1.54) is 12.1 Å². The van der Waals surface area contributed by atoms with Gasteiger partial charge in [-0.25, -0.2) is 0 Å². The molecular weight excluding hydrogens is 416 g/mol. The molecule has 168 valence electrons. The molecule has 1 heterocycles. The van der Waals surface area contributed by atoms with Crippen LogP contribution >= 0.6 is 0 Å². The van der Waals surface area contributed by atoms with Crippen molar-refractivity contribution < 1.29 is 24.1 Å². The van der Waals surface area contributed by atoms with Crippen molar-refractivity contribution in [2.45, 2.75) is 57.7 Å². The molecule has 1 aliphatic heterocycles. The van der Waals surface area contributed by atoms with Gasteiger partial charge in [-0.15, -0.1) is 0 Å². The Morgan fingerprint density at radius 1 is 1.06 bits per heavy atom. The lowest BCUT2D eigenvalue weighted by atomic mass is 9.74. The lowest BCUT2D eigenvalue weighted by Gasteiger charge is -2.42. The zero-order valence-corrected chi connectivity index (χ0v) is 17.7. The van der Waals surface area contributed by atoms with Crippen molar-refractivity contribution in [1.29, 1.82) is 0 Å². The minimum absolute atomic E-state index is 0.0117. The molecule has 2 aromatic rings. The summed E-state index contributed by atoms with van der Waals surface area (Å²) < 4.78 is 12.0. The van der Waals surface area contributed by atoms with Crippen LogP contribution in [0.3, 0.4) is 0 Å². The van der Waals surface area contributed by atoms with Crippen molar-refractivity contribution in [3.05, 3.63) is 67.8 Å². The number of rotatable bonds is 6. The number of ether oxygens (including phenoxy) is 2. The molecule has 0 aromatic heterocycles. The molecule has 32 heavy (non-hydrogen) atoms. The third-order valence-corrected chi connectivity index (χ3v) is 6.44. The number of benzene rings is 2. The Morgan fingerprint density at radius 3 is 2.31 bits per heavy atom. The van der Waals surface area contributed by atoms with E-state index in [4.69, 9.17) is 9.47 Å². The SMILES string of the molecule is CCC1CCC2(CC1)CC(=O)c1cc(OCc3cc([N+](=O)[O-])cc([N+](=O)[O-])c3)ccc1O2. The molecule has 0 atom stereocenters. The summed E-state index contributed by atoms with van der Waals surface area (Å²) in [5, 5.41) is 22.1. The van der Waals surface area contributed by atoms with E-state index in [0.717, 1.165) is 38.2 Å². The van der Waals surface area contributed by atoms with Crippen LogP contribution < -0.4 is 9.47 Å². The van der Waals surface area contributed by atoms with Gasteiger partial charge in [0.15, 0.2) is 5.78 Å². The van der Waals surface area contributed by atoms with Crippen molar-refractivity contribution in [2.75, 3.05) is 0 Å². The Balaban J connectivity index is 1.49. The van der Waals surface area contributed by atoms with Gasteiger partial charge in [0.2, 0.25) is 0 Å². The van der Waals surface area contributed by atoms with Gasteiger partial charge in [-0.2, -0.15) is 0 Å². The van der Waals surface area contributed by atoms with Crippen LogP contribution in [-0.4, -0.2) is 21.2 Å². The molecule has 2 aliphatic rings. The molecule has 4 rings (SSSR count). The summed E-state index contributed by atoms with van der Waals surface area (Å²) in [5.41, 5.74) is -0.432. The summed E-state index contributed by atoms with van der Waals surface area (Å²) in [6, 6.07) is 8.36. The molecular formula is C23H24N2O7. The van der Waals surface area contributed by atoms with Gasteiger partial charge in [0.25, 0.3) is 11.4 Å². The van der Waals surface area contributed by atoms with Crippen molar-refractivity contribution >= 4 is 17.2 Å². The van der Waals surface area contributed by atoms with Crippen molar-refractivity contribution in [3.63, 3.8) is 0 Å².